The zero-order chi connectivity index (χ0) is 15.8. The molecule has 0 spiro atoms. The van der Waals surface area contributed by atoms with E-state index in [2.05, 4.69) is 10.3 Å². The predicted octanol–water partition coefficient (Wildman–Crippen LogP) is 2.90. The third kappa shape index (κ3) is 5.14. The first kappa shape index (κ1) is 15.9. The number of amides is 1. The van der Waals surface area contributed by atoms with Crippen LogP contribution in [0.3, 0.4) is 0 Å². The van der Waals surface area contributed by atoms with E-state index >= 15 is 0 Å². The number of nitrogens with zero attached hydrogens (tertiary/aromatic N) is 1. The minimum Gasteiger partial charge on any atom is -0.466 e. The highest BCUT2D eigenvalue weighted by Gasteiger charge is 2.09. The number of aromatic nitrogens is 1. The number of thiazole rings is 1. The van der Waals surface area contributed by atoms with Crippen LogP contribution in [0.1, 0.15) is 18.2 Å². The van der Waals surface area contributed by atoms with Crippen LogP contribution in [0.5, 0.6) is 0 Å². The Morgan fingerprint density at radius 2 is 2.09 bits per heavy atom. The summed E-state index contributed by atoms with van der Waals surface area (Å²) in [5.41, 5.74) is 1.53. The van der Waals surface area contributed by atoms with E-state index in [1.54, 1.807) is 18.4 Å². The lowest BCUT2D eigenvalue weighted by molar-refractivity contribution is -0.142. The van der Waals surface area contributed by atoms with Gasteiger partial charge in [-0.05, 0) is 18.6 Å². The van der Waals surface area contributed by atoms with Crippen molar-refractivity contribution < 1.29 is 14.3 Å². The normalized spacial score (nSPS) is 10.6. The molecule has 0 fully saturated rings. The summed E-state index contributed by atoms with van der Waals surface area (Å²) in [5, 5.41) is 4.86. The van der Waals surface area contributed by atoms with Crippen LogP contribution in [0.25, 0.3) is 6.08 Å². The fourth-order valence-corrected chi connectivity index (χ4v) is 2.40. The first-order chi connectivity index (χ1) is 10.7. The van der Waals surface area contributed by atoms with E-state index in [0.29, 0.717) is 17.4 Å². The van der Waals surface area contributed by atoms with Crippen LogP contribution < -0.4 is 5.32 Å². The van der Waals surface area contributed by atoms with Gasteiger partial charge in [0.2, 0.25) is 5.91 Å². The van der Waals surface area contributed by atoms with Crippen LogP contribution in [-0.4, -0.2) is 23.5 Å². The van der Waals surface area contributed by atoms with Gasteiger partial charge in [0.25, 0.3) is 0 Å². The molecule has 0 radical (unpaired) electrons. The van der Waals surface area contributed by atoms with E-state index < -0.39 is 0 Å². The first-order valence-corrected chi connectivity index (χ1v) is 7.69. The summed E-state index contributed by atoms with van der Waals surface area (Å²) in [7, 11) is 0. The first-order valence-electron chi connectivity index (χ1n) is 6.81. The molecule has 0 aliphatic rings. The van der Waals surface area contributed by atoms with Gasteiger partial charge in [-0.15, -0.1) is 11.3 Å². The molecule has 0 atom stereocenters. The molecule has 1 amide bonds. The topological polar surface area (TPSA) is 68.3 Å². The number of anilines is 1. The maximum Gasteiger partial charge on any atom is 0.311 e. The summed E-state index contributed by atoms with van der Waals surface area (Å²) in [6, 6.07) is 9.54. The molecule has 1 N–H and O–H groups in total. The van der Waals surface area contributed by atoms with Crippen LogP contribution in [0.15, 0.2) is 41.8 Å². The van der Waals surface area contributed by atoms with Gasteiger partial charge in [0.15, 0.2) is 5.13 Å². The summed E-state index contributed by atoms with van der Waals surface area (Å²) in [6.45, 7) is 2.10. The second kappa shape index (κ2) is 8.09. The van der Waals surface area contributed by atoms with Gasteiger partial charge in [-0.2, -0.15) is 0 Å². The lowest BCUT2D eigenvalue weighted by atomic mass is 10.2. The number of rotatable bonds is 6. The Hall–Kier alpha value is -2.47. The summed E-state index contributed by atoms with van der Waals surface area (Å²) >= 11 is 1.27. The molecule has 0 bridgehead atoms. The minimum absolute atomic E-state index is 0.111. The Morgan fingerprint density at radius 3 is 2.82 bits per heavy atom. The largest absolute Gasteiger partial charge is 0.466 e. The van der Waals surface area contributed by atoms with Gasteiger partial charge in [0.05, 0.1) is 18.7 Å². The van der Waals surface area contributed by atoms with E-state index in [-0.39, 0.29) is 18.3 Å². The quantitative estimate of drug-likeness (QED) is 0.657. The van der Waals surface area contributed by atoms with Crippen LogP contribution in [-0.2, 0) is 20.7 Å². The molecule has 0 aliphatic carbocycles. The molecule has 0 unspecified atom stereocenters. The minimum atomic E-state index is -0.324. The summed E-state index contributed by atoms with van der Waals surface area (Å²) in [4.78, 5) is 27.3. The van der Waals surface area contributed by atoms with Crippen molar-refractivity contribution in [2.45, 2.75) is 13.3 Å². The molecule has 1 aromatic heterocycles. The van der Waals surface area contributed by atoms with Crippen molar-refractivity contribution in [3.05, 3.63) is 53.0 Å². The van der Waals surface area contributed by atoms with Crippen molar-refractivity contribution in [1.82, 2.24) is 4.98 Å². The van der Waals surface area contributed by atoms with Gasteiger partial charge in [0, 0.05) is 11.5 Å². The highest BCUT2D eigenvalue weighted by Crippen LogP contribution is 2.16. The van der Waals surface area contributed by atoms with E-state index in [1.807, 2.05) is 30.3 Å². The zero-order valence-corrected chi connectivity index (χ0v) is 12.9. The summed E-state index contributed by atoms with van der Waals surface area (Å²) < 4.78 is 4.85. The molecule has 0 aliphatic heterocycles. The Balaban J connectivity index is 1.88. The van der Waals surface area contributed by atoms with Crippen LogP contribution in [0.2, 0.25) is 0 Å². The third-order valence-electron chi connectivity index (χ3n) is 2.64. The molecular weight excluding hydrogens is 300 g/mol. The maximum absolute atomic E-state index is 11.8. The van der Waals surface area contributed by atoms with Crippen LogP contribution >= 0.6 is 11.3 Å². The number of carbonyl (C=O) groups is 2. The highest BCUT2D eigenvalue weighted by molar-refractivity contribution is 7.14. The summed E-state index contributed by atoms with van der Waals surface area (Å²) in [6.07, 6.45) is 3.28. The smallest absolute Gasteiger partial charge is 0.311 e. The van der Waals surface area contributed by atoms with Crippen LogP contribution in [0.4, 0.5) is 5.13 Å². The standard InChI is InChI=1S/C16H16N2O3S/c1-2-21-15(20)10-13-11-22-16(17-13)18-14(19)9-8-12-6-4-3-5-7-12/h3-9,11H,2,10H2,1H3,(H,17,18,19)/b9-8+. The van der Waals surface area contributed by atoms with Gasteiger partial charge < -0.3 is 4.74 Å². The van der Waals surface area contributed by atoms with Gasteiger partial charge >= 0.3 is 5.97 Å². The Bertz CT molecular complexity index is 665. The number of esters is 1. The second-order valence-corrected chi connectivity index (χ2v) is 5.22. The Morgan fingerprint density at radius 1 is 1.32 bits per heavy atom. The summed E-state index contributed by atoms with van der Waals surface area (Å²) in [5.74, 6) is -0.587. The molecule has 2 aromatic rings. The molecule has 0 saturated heterocycles. The van der Waals surface area contributed by atoms with E-state index in [1.165, 1.54) is 17.4 Å². The lowest BCUT2D eigenvalue weighted by Gasteiger charge is -1.98. The van der Waals surface area contributed by atoms with Gasteiger partial charge in [-0.3, -0.25) is 14.9 Å². The van der Waals surface area contributed by atoms with Crippen molar-refractivity contribution in [3.8, 4) is 0 Å². The number of carbonyl (C=O) groups excluding carboxylic acids is 2. The third-order valence-corrected chi connectivity index (χ3v) is 3.45. The average molecular weight is 316 g/mol. The number of ether oxygens (including phenoxy) is 1. The maximum atomic E-state index is 11.8. The number of benzene rings is 1. The number of nitrogens with one attached hydrogen (secondary N) is 1. The number of hydrogen-bond acceptors (Lipinski definition) is 5. The van der Waals surface area contributed by atoms with Crippen LogP contribution in [0, 0.1) is 0 Å². The Kier molecular flexibility index (Phi) is 5.85. The van der Waals surface area contributed by atoms with Crippen molar-refractivity contribution >= 4 is 34.4 Å². The van der Waals surface area contributed by atoms with Gasteiger partial charge in [0.1, 0.15) is 0 Å². The zero-order valence-electron chi connectivity index (χ0n) is 12.1. The van der Waals surface area contributed by atoms with E-state index in [9.17, 15) is 9.59 Å². The molecule has 1 heterocycles. The monoisotopic (exact) mass is 316 g/mol. The molecule has 0 saturated carbocycles. The molecular formula is C16H16N2O3S. The van der Waals surface area contributed by atoms with Crippen molar-refractivity contribution in [1.29, 1.82) is 0 Å². The molecule has 1 aromatic carbocycles. The van der Waals surface area contributed by atoms with Crippen molar-refractivity contribution in [3.63, 3.8) is 0 Å². The average Bonchev–Trinajstić information content (AvgIpc) is 2.93. The Labute approximate surface area is 132 Å². The second-order valence-electron chi connectivity index (χ2n) is 4.36. The van der Waals surface area contributed by atoms with E-state index in [4.69, 9.17) is 4.74 Å². The SMILES string of the molecule is CCOC(=O)Cc1csc(NC(=O)/C=C/c2ccccc2)n1. The fourth-order valence-electron chi connectivity index (χ4n) is 1.69. The molecule has 6 heteroatoms. The highest BCUT2D eigenvalue weighted by atomic mass is 32.1. The molecule has 114 valence electrons. The molecule has 22 heavy (non-hydrogen) atoms. The molecule has 2 rings (SSSR count). The van der Waals surface area contributed by atoms with E-state index in [0.717, 1.165) is 5.56 Å². The lowest BCUT2D eigenvalue weighted by Crippen LogP contribution is -2.09. The predicted molar refractivity (Wildman–Crippen MR) is 86.6 cm³/mol. The number of hydrogen-bond donors (Lipinski definition) is 1. The van der Waals surface area contributed by atoms with Gasteiger partial charge in [-0.25, -0.2) is 4.98 Å². The fraction of sp³-hybridized carbons (Fsp3) is 0.188. The molecule has 5 nitrogen and oxygen atoms in total. The van der Waals surface area contributed by atoms with Crippen molar-refractivity contribution in [2.75, 3.05) is 11.9 Å². The van der Waals surface area contributed by atoms with Gasteiger partial charge in [-0.1, -0.05) is 30.3 Å². The van der Waals surface area contributed by atoms with Crippen molar-refractivity contribution in [2.24, 2.45) is 0 Å².